The molecule has 2 aliphatic rings. The fraction of sp³-hybridized carbons (Fsp3) is 0.524. The van der Waals surface area contributed by atoms with Gasteiger partial charge in [0.05, 0.1) is 5.75 Å². The van der Waals surface area contributed by atoms with Gasteiger partial charge in [0.15, 0.2) is 0 Å². The van der Waals surface area contributed by atoms with E-state index in [4.69, 9.17) is 0 Å². The monoisotopic (exact) mass is 418 g/mol. The molecule has 0 spiro atoms. The Bertz CT molecular complexity index is 905. The number of hydrogen-bond donors (Lipinski definition) is 0. The molecule has 0 atom stereocenters. The highest BCUT2D eigenvalue weighted by molar-refractivity contribution is 7.89. The Morgan fingerprint density at radius 3 is 2.14 bits per heavy atom. The van der Waals surface area contributed by atoms with Crippen LogP contribution in [-0.4, -0.2) is 54.6 Å². The molecular weight excluding hydrogens is 391 g/mol. The van der Waals surface area contributed by atoms with Crippen molar-refractivity contribution < 1.29 is 12.8 Å². The molecule has 0 bridgehead atoms. The normalized spacial score (nSPS) is 19.4. The topological polar surface area (TPSA) is 66.4 Å². The Morgan fingerprint density at radius 1 is 0.897 bits per heavy atom. The molecule has 8 heteroatoms. The van der Waals surface area contributed by atoms with Crippen molar-refractivity contribution in [1.29, 1.82) is 0 Å². The summed E-state index contributed by atoms with van der Waals surface area (Å²) in [7, 11) is -3.20. The quantitative estimate of drug-likeness (QED) is 0.745. The van der Waals surface area contributed by atoms with Gasteiger partial charge in [0.1, 0.15) is 5.82 Å². The summed E-state index contributed by atoms with van der Waals surface area (Å²) in [5.41, 5.74) is 1.68. The Kier molecular flexibility index (Phi) is 6.10. The van der Waals surface area contributed by atoms with Gasteiger partial charge in [-0.15, -0.1) is 0 Å². The van der Waals surface area contributed by atoms with Gasteiger partial charge in [-0.3, -0.25) is 0 Å². The lowest BCUT2D eigenvalue weighted by atomic mass is 9.91. The summed E-state index contributed by atoms with van der Waals surface area (Å²) in [6.07, 6.45) is 9.05. The van der Waals surface area contributed by atoms with Crippen LogP contribution in [0.5, 0.6) is 0 Å². The molecule has 0 radical (unpaired) electrons. The lowest BCUT2D eigenvalue weighted by Crippen LogP contribution is -2.50. The highest BCUT2D eigenvalue weighted by Gasteiger charge is 2.30. The van der Waals surface area contributed by atoms with E-state index in [2.05, 4.69) is 9.97 Å². The van der Waals surface area contributed by atoms with Crippen molar-refractivity contribution >= 4 is 16.0 Å². The molecule has 0 unspecified atom stereocenters. The third-order valence-corrected chi connectivity index (χ3v) is 7.95. The van der Waals surface area contributed by atoms with Gasteiger partial charge >= 0.3 is 0 Å². The number of anilines is 1. The fourth-order valence-corrected chi connectivity index (χ4v) is 6.06. The largest absolute Gasteiger partial charge is 0.338 e. The van der Waals surface area contributed by atoms with Crippen molar-refractivity contribution in [2.24, 2.45) is 5.92 Å². The van der Waals surface area contributed by atoms with E-state index in [1.54, 1.807) is 28.8 Å². The molecule has 0 amide bonds. The van der Waals surface area contributed by atoms with Crippen molar-refractivity contribution in [3.63, 3.8) is 0 Å². The maximum absolute atomic E-state index is 13.1. The first kappa shape index (κ1) is 20.2. The first-order valence-corrected chi connectivity index (χ1v) is 11.9. The maximum atomic E-state index is 13.1. The summed E-state index contributed by atoms with van der Waals surface area (Å²) in [6, 6.07) is 6.22. The van der Waals surface area contributed by atoms with Gasteiger partial charge in [-0.05, 0) is 36.5 Å². The fourth-order valence-electron chi connectivity index (χ4n) is 4.20. The number of rotatable bonds is 5. The maximum Gasteiger partial charge on any atom is 0.225 e. The minimum atomic E-state index is -3.20. The summed E-state index contributed by atoms with van der Waals surface area (Å²) in [6.45, 7) is 2.11. The van der Waals surface area contributed by atoms with Crippen molar-refractivity contribution in [2.75, 3.05) is 36.8 Å². The molecule has 1 saturated heterocycles. The molecule has 1 aliphatic heterocycles. The average Bonchev–Trinajstić information content (AvgIpc) is 2.75. The molecule has 4 rings (SSSR count). The van der Waals surface area contributed by atoms with Gasteiger partial charge in [0.2, 0.25) is 16.0 Å². The van der Waals surface area contributed by atoms with Crippen molar-refractivity contribution in [1.82, 2.24) is 14.3 Å². The highest BCUT2D eigenvalue weighted by atomic mass is 32.2. The summed E-state index contributed by atoms with van der Waals surface area (Å²) in [4.78, 5) is 10.9. The second-order valence-corrected chi connectivity index (χ2v) is 9.96. The summed E-state index contributed by atoms with van der Waals surface area (Å²) < 4.78 is 40.2. The SMILES string of the molecule is O=S(=O)(CC1CCCCC1)N1CCN(c2ncc(-c3ccc(F)cc3)cn2)CC1. The lowest BCUT2D eigenvalue weighted by Gasteiger charge is -2.35. The molecule has 6 nitrogen and oxygen atoms in total. The van der Waals surface area contributed by atoms with Crippen LogP contribution in [-0.2, 0) is 10.0 Å². The number of hydrogen-bond acceptors (Lipinski definition) is 5. The molecule has 156 valence electrons. The zero-order valence-electron chi connectivity index (χ0n) is 16.5. The smallest absolute Gasteiger partial charge is 0.225 e. The third-order valence-electron chi connectivity index (χ3n) is 5.90. The minimum absolute atomic E-state index is 0.275. The predicted octanol–water partition coefficient (Wildman–Crippen LogP) is 3.31. The zero-order valence-corrected chi connectivity index (χ0v) is 17.3. The number of halogens is 1. The molecule has 2 fully saturated rings. The molecule has 29 heavy (non-hydrogen) atoms. The Balaban J connectivity index is 1.34. The van der Waals surface area contributed by atoms with Crippen LogP contribution in [0.1, 0.15) is 32.1 Å². The predicted molar refractivity (Wildman–Crippen MR) is 112 cm³/mol. The van der Waals surface area contributed by atoms with E-state index in [0.717, 1.165) is 36.8 Å². The summed E-state index contributed by atoms with van der Waals surface area (Å²) in [5.74, 6) is 0.924. The Hall–Kier alpha value is -2.06. The number of benzene rings is 1. The third kappa shape index (κ3) is 4.93. The van der Waals surface area contributed by atoms with Crippen molar-refractivity contribution in [2.45, 2.75) is 32.1 Å². The molecule has 2 heterocycles. The first-order chi connectivity index (χ1) is 14.0. The van der Waals surface area contributed by atoms with Crippen LogP contribution in [0.15, 0.2) is 36.7 Å². The number of aromatic nitrogens is 2. The van der Waals surface area contributed by atoms with Gasteiger partial charge in [0.25, 0.3) is 0 Å². The van der Waals surface area contributed by atoms with Crippen LogP contribution in [0.2, 0.25) is 0 Å². The molecular formula is C21H27FN4O2S. The lowest BCUT2D eigenvalue weighted by molar-refractivity contribution is 0.355. The minimum Gasteiger partial charge on any atom is -0.338 e. The second kappa shape index (κ2) is 8.75. The van der Waals surface area contributed by atoms with E-state index in [9.17, 15) is 12.8 Å². The molecule has 2 aromatic rings. The van der Waals surface area contributed by atoms with Gasteiger partial charge in [-0.2, -0.15) is 4.31 Å². The molecule has 1 saturated carbocycles. The van der Waals surface area contributed by atoms with Crippen LogP contribution in [0, 0.1) is 11.7 Å². The van der Waals surface area contributed by atoms with Crippen LogP contribution in [0.3, 0.4) is 0 Å². The van der Waals surface area contributed by atoms with Crippen LogP contribution in [0.4, 0.5) is 10.3 Å². The first-order valence-electron chi connectivity index (χ1n) is 10.3. The molecule has 1 aromatic heterocycles. The number of nitrogens with zero attached hydrogens (tertiary/aromatic N) is 4. The van der Waals surface area contributed by atoms with Gasteiger partial charge in [-0.25, -0.2) is 22.8 Å². The molecule has 0 N–H and O–H groups in total. The zero-order chi connectivity index (χ0) is 20.3. The van der Waals surface area contributed by atoms with E-state index in [-0.39, 0.29) is 11.6 Å². The highest BCUT2D eigenvalue weighted by Crippen LogP contribution is 2.26. The summed E-state index contributed by atoms with van der Waals surface area (Å²) >= 11 is 0. The Labute approximate surface area is 171 Å². The standard InChI is InChI=1S/C21H27FN4O2S/c22-20-8-6-18(7-9-20)19-14-23-21(24-15-19)25-10-12-26(13-11-25)29(27,28)16-17-4-2-1-3-5-17/h6-9,14-15,17H,1-5,10-13,16H2. The molecule has 1 aliphatic carbocycles. The van der Waals surface area contributed by atoms with Crippen LogP contribution in [0.25, 0.3) is 11.1 Å². The van der Waals surface area contributed by atoms with E-state index in [1.165, 1.54) is 18.6 Å². The van der Waals surface area contributed by atoms with E-state index in [0.29, 0.717) is 38.0 Å². The number of sulfonamides is 1. The van der Waals surface area contributed by atoms with Gasteiger partial charge in [-0.1, -0.05) is 31.4 Å². The van der Waals surface area contributed by atoms with E-state index >= 15 is 0 Å². The van der Waals surface area contributed by atoms with Gasteiger partial charge < -0.3 is 4.90 Å². The second-order valence-electron chi connectivity index (χ2n) is 7.95. The average molecular weight is 419 g/mol. The van der Waals surface area contributed by atoms with E-state index < -0.39 is 10.0 Å². The van der Waals surface area contributed by atoms with Gasteiger partial charge in [0, 0.05) is 44.1 Å². The van der Waals surface area contributed by atoms with Crippen molar-refractivity contribution in [3.05, 3.63) is 42.5 Å². The Morgan fingerprint density at radius 2 is 1.52 bits per heavy atom. The van der Waals surface area contributed by atoms with Crippen molar-refractivity contribution in [3.8, 4) is 11.1 Å². The number of piperazine rings is 1. The van der Waals surface area contributed by atoms with E-state index in [1.807, 2.05) is 4.90 Å². The van der Waals surface area contributed by atoms with Crippen LogP contribution >= 0.6 is 0 Å². The van der Waals surface area contributed by atoms with Crippen LogP contribution < -0.4 is 4.90 Å². The molecule has 1 aromatic carbocycles. The summed E-state index contributed by atoms with van der Waals surface area (Å²) in [5, 5.41) is 0.